The molecule has 3 aliphatic heterocycles. The van der Waals surface area contributed by atoms with Crippen LogP contribution in [-0.4, -0.2) is 211 Å². The van der Waals surface area contributed by atoms with Crippen LogP contribution >= 0.6 is 0 Å². The van der Waals surface area contributed by atoms with Gasteiger partial charge in [-0.15, -0.1) is 0 Å². The van der Waals surface area contributed by atoms with Crippen LogP contribution in [0.15, 0.2) is 0 Å². The molecule has 3 rings (SSSR count). The monoisotopic (exact) mass is 896 g/mol. The maximum absolute atomic E-state index is 14.4. The maximum atomic E-state index is 14.4. The van der Waals surface area contributed by atoms with Crippen LogP contribution in [0.3, 0.4) is 0 Å². The lowest BCUT2D eigenvalue weighted by Crippen LogP contribution is -2.61. The number of nitrogens with zero attached hydrogens (tertiary/aromatic N) is 2. The van der Waals surface area contributed by atoms with Gasteiger partial charge in [0.2, 0.25) is 0 Å². The fraction of sp³-hybridized carbons (Fsp3) is 0.977. The number of hydrogen-bond acceptors (Lipinski definition) is 18. The molecule has 3 heterocycles. The molecule has 0 aromatic heterocycles. The molecular formula is C44H85N3O15. The number of rotatable bonds is 15. The van der Waals surface area contributed by atoms with E-state index in [4.69, 9.17) is 37.9 Å². The van der Waals surface area contributed by atoms with E-state index in [-0.39, 0.29) is 38.3 Å². The zero-order valence-electron chi connectivity index (χ0n) is 40.2. The van der Waals surface area contributed by atoms with E-state index in [9.17, 15) is 35.4 Å². The van der Waals surface area contributed by atoms with E-state index in [1.54, 1.807) is 48.5 Å². The van der Waals surface area contributed by atoms with E-state index in [0.29, 0.717) is 19.5 Å². The molecule has 366 valence electrons. The van der Waals surface area contributed by atoms with Crippen molar-refractivity contribution < 1.29 is 73.3 Å². The van der Waals surface area contributed by atoms with Gasteiger partial charge in [-0.1, -0.05) is 20.8 Å². The summed E-state index contributed by atoms with van der Waals surface area (Å²) in [6.07, 6.45) is -10.6. The Hall–Kier alpha value is -1.17. The van der Waals surface area contributed by atoms with E-state index in [2.05, 4.69) is 5.32 Å². The average molecular weight is 896 g/mol. The van der Waals surface area contributed by atoms with Crippen molar-refractivity contribution in [1.29, 1.82) is 0 Å². The molecule has 0 bridgehead atoms. The minimum atomic E-state index is -1.84. The Morgan fingerprint density at radius 3 is 2.15 bits per heavy atom. The second kappa shape index (κ2) is 23.5. The van der Waals surface area contributed by atoms with Gasteiger partial charge in [-0.2, -0.15) is 0 Å². The van der Waals surface area contributed by atoms with Gasteiger partial charge >= 0.3 is 5.97 Å². The lowest BCUT2D eigenvalue weighted by Gasteiger charge is -2.49. The largest absolute Gasteiger partial charge is 0.459 e. The van der Waals surface area contributed by atoms with Crippen molar-refractivity contribution in [2.45, 2.75) is 198 Å². The van der Waals surface area contributed by atoms with Crippen molar-refractivity contribution in [1.82, 2.24) is 15.1 Å². The number of aliphatic hydroxyl groups excluding tert-OH is 4. The van der Waals surface area contributed by atoms with E-state index in [1.165, 1.54) is 28.3 Å². The predicted octanol–water partition coefficient (Wildman–Crippen LogP) is 0.840. The third-order valence-electron chi connectivity index (χ3n) is 13.8. The van der Waals surface area contributed by atoms with Crippen LogP contribution in [-0.2, 0) is 42.7 Å². The Morgan fingerprint density at radius 2 is 1.56 bits per heavy atom. The lowest BCUT2D eigenvalue weighted by atomic mass is 9.77. The summed E-state index contributed by atoms with van der Waals surface area (Å²) >= 11 is 0. The summed E-state index contributed by atoms with van der Waals surface area (Å²) in [5, 5.41) is 73.2. The van der Waals surface area contributed by atoms with Crippen LogP contribution in [0.2, 0.25) is 0 Å². The van der Waals surface area contributed by atoms with Crippen LogP contribution in [0.25, 0.3) is 0 Å². The standard InChI is InChI=1S/C44H85N3O15/c1-16-32-44(10,54)37(50)28(6)46(11)22-24(2)18-42(8,53)39(26(4)36(27(5)40(52)60-32)61-33-19-43(9,57-15)38(51)29(7)59-33)62-41-35(49)31(17-25(3)58-41)47(12)23-30(48)20-45-21-34(55-13)56-14/h24-39,41,45,48-51,53-54H,16-23H2,1-15H3/t24-,25-,26+,27-,28-,29+,30?,31?,32-,33+,35-,36+,37-,38+,39-,41+,42-,43-,44-/m1/s1. The third-order valence-corrected chi connectivity index (χ3v) is 13.8. The molecule has 0 aromatic carbocycles. The first-order valence-corrected chi connectivity index (χ1v) is 22.5. The van der Waals surface area contributed by atoms with Gasteiger partial charge in [-0.25, -0.2) is 0 Å². The number of hydrogen-bond donors (Lipinski definition) is 7. The minimum absolute atomic E-state index is 0.0956. The van der Waals surface area contributed by atoms with Gasteiger partial charge in [0.05, 0.1) is 47.6 Å². The summed E-state index contributed by atoms with van der Waals surface area (Å²) in [5.41, 5.74) is -4.54. The first-order chi connectivity index (χ1) is 28.8. The normalized spacial score (nSPS) is 44.2. The quantitative estimate of drug-likeness (QED) is 0.0892. The highest BCUT2D eigenvalue weighted by Crippen LogP contribution is 2.40. The molecule has 3 fully saturated rings. The van der Waals surface area contributed by atoms with E-state index in [0.717, 1.165) is 0 Å². The molecule has 18 nitrogen and oxygen atoms in total. The molecule has 62 heavy (non-hydrogen) atoms. The van der Waals surface area contributed by atoms with Gasteiger partial charge in [0.15, 0.2) is 18.9 Å². The van der Waals surface area contributed by atoms with Gasteiger partial charge in [-0.3, -0.25) is 9.69 Å². The zero-order chi connectivity index (χ0) is 47.1. The molecule has 0 aliphatic carbocycles. The van der Waals surface area contributed by atoms with Crippen molar-refractivity contribution in [3.8, 4) is 0 Å². The highest BCUT2D eigenvalue weighted by Gasteiger charge is 2.53. The summed E-state index contributed by atoms with van der Waals surface area (Å²) in [4.78, 5) is 18.1. The van der Waals surface area contributed by atoms with Gasteiger partial charge in [0, 0.05) is 71.9 Å². The number of cyclic esters (lactones) is 1. The van der Waals surface area contributed by atoms with Crippen LogP contribution in [0.1, 0.15) is 94.9 Å². The predicted molar refractivity (Wildman–Crippen MR) is 230 cm³/mol. The number of likely N-dealkylation sites (N-methyl/N-ethyl adjacent to an activating group) is 2. The van der Waals surface area contributed by atoms with Crippen molar-refractivity contribution in [2.75, 3.05) is 61.6 Å². The molecule has 0 radical (unpaired) electrons. The molecule has 0 spiro atoms. The Kier molecular flexibility index (Phi) is 20.9. The van der Waals surface area contributed by atoms with Crippen LogP contribution in [0.5, 0.6) is 0 Å². The molecule has 7 N–H and O–H groups in total. The van der Waals surface area contributed by atoms with Crippen LogP contribution < -0.4 is 5.32 Å². The molecule has 0 amide bonds. The van der Waals surface area contributed by atoms with Crippen molar-refractivity contribution in [3.63, 3.8) is 0 Å². The van der Waals surface area contributed by atoms with E-state index in [1.807, 2.05) is 37.7 Å². The van der Waals surface area contributed by atoms with Crippen LogP contribution in [0.4, 0.5) is 0 Å². The Bertz CT molecular complexity index is 1350. The summed E-state index contributed by atoms with van der Waals surface area (Å²) in [5.74, 6) is -2.81. The average Bonchev–Trinajstić information content (AvgIpc) is 3.20. The summed E-state index contributed by atoms with van der Waals surface area (Å²) < 4.78 is 48.4. The Morgan fingerprint density at radius 1 is 0.935 bits per heavy atom. The topological polar surface area (TPSA) is 231 Å². The second-order valence-electron chi connectivity index (χ2n) is 19.4. The number of methoxy groups -OCH3 is 3. The first-order valence-electron chi connectivity index (χ1n) is 22.5. The Balaban J connectivity index is 2.08. The maximum Gasteiger partial charge on any atom is 0.311 e. The van der Waals surface area contributed by atoms with Crippen molar-refractivity contribution >= 4 is 5.97 Å². The van der Waals surface area contributed by atoms with Crippen molar-refractivity contribution in [3.05, 3.63) is 0 Å². The van der Waals surface area contributed by atoms with E-state index < -0.39 is 120 Å². The summed E-state index contributed by atoms with van der Waals surface area (Å²) in [7, 11) is 8.20. The molecule has 19 atom stereocenters. The number of nitrogens with one attached hydrogen (secondary N) is 1. The van der Waals surface area contributed by atoms with Gasteiger partial charge in [0.25, 0.3) is 0 Å². The summed E-state index contributed by atoms with van der Waals surface area (Å²) in [6, 6.07) is -1.09. The molecule has 0 aromatic rings. The molecule has 0 saturated carbocycles. The smallest absolute Gasteiger partial charge is 0.311 e. The van der Waals surface area contributed by atoms with E-state index >= 15 is 0 Å². The Labute approximate surface area is 370 Å². The van der Waals surface area contributed by atoms with Crippen LogP contribution in [0, 0.1) is 17.8 Å². The van der Waals surface area contributed by atoms with Gasteiger partial charge in [-0.05, 0) is 87.7 Å². The first kappa shape index (κ1) is 55.2. The second-order valence-corrected chi connectivity index (χ2v) is 19.4. The fourth-order valence-electron chi connectivity index (χ4n) is 9.82. The van der Waals surface area contributed by atoms with Gasteiger partial charge in [0.1, 0.15) is 30.0 Å². The number of aliphatic hydroxyl groups is 6. The SMILES string of the molecule is CC[C@H]1OC(=O)[C@H](C)[C@@H](O[C@H]2C[C@@](C)(OC)[C@@H](O)[C@H](C)O2)[C@H](C)[C@@H](O[C@@H]2O[C@H](C)CC(N(C)CC(O)CNCC(OC)OC)[C@H]2O)[C@](C)(O)C[C@@H](C)CN(C)[C@H](C)[C@@H](O)[C@]1(C)O. The highest BCUT2D eigenvalue weighted by molar-refractivity contribution is 5.73. The molecule has 3 aliphatic rings. The van der Waals surface area contributed by atoms with Crippen molar-refractivity contribution in [2.24, 2.45) is 17.8 Å². The number of esters is 1. The number of ether oxygens (including phenoxy) is 8. The highest BCUT2D eigenvalue weighted by atomic mass is 16.7. The fourth-order valence-corrected chi connectivity index (χ4v) is 9.82. The van der Waals surface area contributed by atoms with Gasteiger partial charge < -0.3 is 78.8 Å². The zero-order valence-corrected chi connectivity index (χ0v) is 40.2. The number of carbonyl (C=O) groups excluding carboxylic acids is 1. The summed E-state index contributed by atoms with van der Waals surface area (Å²) in [6.45, 7) is 18.6. The minimum Gasteiger partial charge on any atom is -0.459 e. The molecule has 3 saturated heterocycles. The number of carbonyl (C=O) groups is 1. The molecule has 18 heteroatoms. The lowest BCUT2D eigenvalue weighted by molar-refractivity contribution is -0.318. The molecular weight excluding hydrogens is 810 g/mol. The third kappa shape index (κ3) is 13.7. The molecule has 2 unspecified atom stereocenters.